The molecule has 2 aromatic rings. The molecule has 0 aliphatic carbocycles. The van der Waals surface area contributed by atoms with Crippen molar-refractivity contribution in [3.8, 4) is 0 Å². The summed E-state index contributed by atoms with van der Waals surface area (Å²) in [4.78, 5) is 13.7. The molecular weight excluding hydrogens is 250 g/mol. The number of nitrogens with one attached hydrogen (secondary N) is 1. The fourth-order valence-corrected chi connectivity index (χ4v) is 2.44. The monoisotopic (exact) mass is 267 g/mol. The molecule has 1 aliphatic rings. The summed E-state index contributed by atoms with van der Waals surface area (Å²) in [6.45, 7) is 2.05. The first-order valence-corrected chi connectivity index (χ1v) is 6.61. The number of carbonyl (C=O) groups excluding carboxylic acids is 1. The van der Waals surface area contributed by atoms with Gasteiger partial charge in [0.15, 0.2) is 6.17 Å². The van der Waals surface area contributed by atoms with Crippen LogP contribution in [-0.2, 0) is 0 Å². The number of amides is 2. The minimum absolute atomic E-state index is 0.0978. The lowest BCUT2D eigenvalue weighted by Crippen LogP contribution is -2.34. The molecule has 1 saturated heterocycles. The van der Waals surface area contributed by atoms with Crippen LogP contribution in [0.15, 0.2) is 54.6 Å². The van der Waals surface area contributed by atoms with Crippen LogP contribution >= 0.6 is 0 Å². The second kappa shape index (κ2) is 4.89. The zero-order valence-electron chi connectivity index (χ0n) is 11.6. The molecule has 102 valence electrons. The van der Waals surface area contributed by atoms with E-state index in [2.05, 4.69) is 5.43 Å². The summed E-state index contributed by atoms with van der Waals surface area (Å²) in [5.41, 5.74) is 6.16. The Morgan fingerprint density at radius 1 is 1.00 bits per heavy atom. The third kappa shape index (κ3) is 2.09. The van der Waals surface area contributed by atoms with Gasteiger partial charge in [-0.2, -0.15) is 0 Å². The van der Waals surface area contributed by atoms with Gasteiger partial charge in [0.2, 0.25) is 0 Å². The Kier molecular flexibility index (Phi) is 3.06. The van der Waals surface area contributed by atoms with E-state index in [9.17, 15) is 4.79 Å². The number of urea groups is 1. The molecule has 1 aliphatic heterocycles. The Morgan fingerprint density at radius 3 is 2.30 bits per heavy atom. The van der Waals surface area contributed by atoms with E-state index in [-0.39, 0.29) is 12.2 Å². The number of aryl methyl sites for hydroxylation is 1. The smallest absolute Gasteiger partial charge is 0.300 e. The van der Waals surface area contributed by atoms with Crippen molar-refractivity contribution in [1.82, 2.24) is 10.3 Å². The van der Waals surface area contributed by atoms with Crippen LogP contribution < -0.4 is 10.4 Å². The molecule has 4 nitrogen and oxygen atoms in total. The lowest BCUT2D eigenvalue weighted by atomic mass is 10.1. The van der Waals surface area contributed by atoms with Crippen LogP contribution in [0.1, 0.15) is 17.3 Å². The van der Waals surface area contributed by atoms with Gasteiger partial charge in [-0.3, -0.25) is 5.01 Å². The minimum atomic E-state index is -0.133. The summed E-state index contributed by atoms with van der Waals surface area (Å²) >= 11 is 0. The first-order valence-electron chi connectivity index (χ1n) is 6.61. The number of nitrogens with zero attached hydrogens (tertiary/aromatic N) is 2. The fraction of sp³-hybridized carbons (Fsp3) is 0.188. The van der Waals surface area contributed by atoms with Gasteiger partial charge in [0, 0.05) is 7.05 Å². The van der Waals surface area contributed by atoms with Crippen molar-refractivity contribution in [2.24, 2.45) is 0 Å². The van der Waals surface area contributed by atoms with Gasteiger partial charge in [-0.15, -0.1) is 0 Å². The standard InChI is InChI=1S/C16H17N3O/c1-12-8-10-14(11-9-12)19-15(18(2)16(20)17-19)13-6-4-3-5-7-13/h3-11,15H,1-2H3,(H,17,20). The van der Waals surface area contributed by atoms with Gasteiger partial charge >= 0.3 is 6.03 Å². The normalized spacial score (nSPS) is 18.3. The Hall–Kier alpha value is -2.49. The van der Waals surface area contributed by atoms with Gasteiger partial charge in [-0.05, 0) is 24.6 Å². The molecule has 0 saturated carbocycles. The number of anilines is 1. The fourth-order valence-electron chi connectivity index (χ4n) is 2.44. The topological polar surface area (TPSA) is 35.6 Å². The summed E-state index contributed by atoms with van der Waals surface area (Å²) in [6.07, 6.45) is -0.133. The van der Waals surface area contributed by atoms with Crippen LogP contribution in [-0.4, -0.2) is 18.0 Å². The van der Waals surface area contributed by atoms with Crippen LogP contribution in [0.25, 0.3) is 0 Å². The maximum atomic E-state index is 12.0. The molecule has 1 N–H and O–H groups in total. The molecule has 0 aromatic heterocycles. The quantitative estimate of drug-likeness (QED) is 0.907. The maximum Gasteiger partial charge on any atom is 0.337 e. The van der Waals surface area contributed by atoms with E-state index in [0.717, 1.165) is 11.3 Å². The molecule has 1 atom stereocenters. The Labute approximate surface area is 118 Å². The molecular formula is C16H17N3O. The minimum Gasteiger partial charge on any atom is -0.300 e. The number of benzene rings is 2. The van der Waals surface area contributed by atoms with Crippen LogP contribution in [0.3, 0.4) is 0 Å². The number of hydrazine groups is 1. The molecule has 4 heteroatoms. The first-order chi connectivity index (χ1) is 9.66. The van der Waals surface area contributed by atoms with Crippen LogP contribution in [0.5, 0.6) is 0 Å². The molecule has 0 bridgehead atoms. The van der Waals surface area contributed by atoms with Gasteiger partial charge in [0.05, 0.1) is 5.69 Å². The van der Waals surface area contributed by atoms with Gasteiger partial charge < -0.3 is 4.90 Å². The van der Waals surface area contributed by atoms with Gasteiger partial charge in [-0.1, -0.05) is 48.0 Å². The molecule has 1 fully saturated rings. The Balaban J connectivity index is 2.00. The lowest BCUT2D eigenvalue weighted by Gasteiger charge is -2.27. The van der Waals surface area contributed by atoms with E-state index in [1.165, 1.54) is 5.56 Å². The van der Waals surface area contributed by atoms with E-state index >= 15 is 0 Å². The van der Waals surface area contributed by atoms with Crippen molar-refractivity contribution in [2.75, 3.05) is 12.1 Å². The second-order valence-corrected chi connectivity index (χ2v) is 5.02. The average molecular weight is 267 g/mol. The number of rotatable bonds is 2. The average Bonchev–Trinajstić information content (AvgIpc) is 2.77. The molecule has 2 aromatic carbocycles. The highest BCUT2D eigenvalue weighted by molar-refractivity contribution is 5.80. The van der Waals surface area contributed by atoms with Crippen molar-refractivity contribution in [1.29, 1.82) is 0 Å². The SMILES string of the molecule is Cc1ccc(N2NC(=O)N(C)C2c2ccccc2)cc1. The summed E-state index contributed by atoms with van der Waals surface area (Å²) in [5, 5.41) is 1.90. The first kappa shape index (κ1) is 12.5. The van der Waals surface area contributed by atoms with Crippen molar-refractivity contribution < 1.29 is 4.79 Å². The van der Waals surface area contributed by atoms with Crippen LogP contribution in [0.2, 0.25) is 0 Å². The van der Waals surface area contributed by atoms with Gasteiger partial charge in [0.1, 0.15) is 0 Å². The third-order valence-corrected chi connectivity index (χ3v) is 3.56. The molecule has 1 heterocycles. The zero-order valence-corrected chi connectivity index (χ0v) is 11.6. The van der Waals surface area contributed by atoms with Gasteiger partial charge in [-0.25, -0.2) is 10.2 Å². The predicted octanol–water partition coefficient (Wildman–Crippen LogP) is 3.07. The van der Waals surface area contributed by atoms with E-state index in [0.29, 0.717) is 0 Å². The summed E-state index contributed by atoms with van der Waals surface area (Å²) in [5.74, 6) is 0. The maximum absolute atomic E-state index is 12.0. The highest BCUT2D eigenvalue weighted by Gasteiger charge is 2.36. The number of hydrogen-bond acceptors (Lipinski definition) is 2. The lowest BCUT2D eigenvalue weighted by molar-refractivity contribution is 0.216. The van der Waals surface area contributed by atoms with Crippen molar-refractivity contribution >= 4 is 11.7 Å². The van der Waals surface area contributed by atoms with E-state index in [4.69, 9.17) is 0 Å². The van der Waals surface area contributed by atoms with Gasteiger partial charge in [0.25, 0.3) is 0 Å². The third-order valence-electron chi connectivity index (χ3n) is 3.56. The summed E-state index contributed by atoms with van der Waals surface area (Å²) in [7, 11) is 1.81. The van der Waals surface area contributed by atoms with Crippen molar-refractivity contribution in [2.45, 2.75) is 13.1 Å². The highest BCUT2D eigenvalue weighted by Crippen LogP contribution is 2.31. The molecule has 3 rings (SSSR count). The molecule has 0 spiro atoms. The Morgan fingerprint density at radius 2 is 1.65 bits per heavy atom. The van der Waals surface area contributed by atoms with Crippen LogP contribution in [0, 0.1) is 6.92 Å². The van der Waals surface area contributed by atoms with Crippen molar-refractivity contribution in [3.63, 3.8) is 0 Å². The molecule has 0 radical (unpaired) electrons. The molecule has 1 unspecified atom stereocenters. The van der Waals surface area contributed by atoms with Crippen molar-refractivity contribution in [3.05, 3.63) is 65.7 Å². The largest absolute Gasteiger partial charge is 0.337 e. The number of carbonyl (C=O) groups is 1. The second-order valence-electron chi connectivity index (χ2n) is 5.02. The number of hydrogen-bond donors (Lipinski definition) is 1. The van der Waals surface area contributed by atoms with E-state index in [1.54, 1.807) is 11.9 Å². The molecule has 20 heavy (non-hydrogen) atoms. The highest BCUT2D eigenvalue weighted by atomic mass is 16.2. The van der Waals surface area contributed by atoms with E-state index < -0.39 is 0 Å². The summed E-state index contributed by atoms with van der Waals surface area (Å²) in [6, 6.07) is 18.0. The molecule has 2 amide bonds. The Bertz CT molecular complexity index is 609. The summed E-state index contributed by atoms with van der Waals surface area (Å²) < 4.78 is 0. The zero-order chi connectivity index (χ0) is 14.1. The predicted molar refractivity (Wildman–Crippen MR) is 79.1 cm³/mol. The van der Waals surface area contributed by atoms with Crippen LogP contribution in [0.4, 0.5) is 10.5 Å². The van der Waals surface area contributed by atoms with E-state index in [1.807, 2.05) is 66.5 Å².